The number of rotatable bonds is 7. The Hall–Kier alpha value is -1.59. The third-order valence-electron chi connectivity index (χ3n) is 4.64. The van der Waals surface area contributed by atoms with Crippen LogP contribution in [0.15, 0.2) is 29.3 Å². The van der Waals surface area contributed by atoms with E-state index in [0.717, 1.165) is 32.0 Å². The summed E-state index contributed by atoms with van der Waals surface area (Å²) in [5, 5.41) is 6.81. The quantitative estimate of drug-likeness (QED) is 0.451. The Labute approximate surface area is 153 Å². The standard InChI is InChI=1S/C20H35N5/c1-4-21-20(23-17-19-9-7-18(2)8-10-19)22-11-5-13-25-14-6-12-24(3)15-16-25/h7-10H,4-6,11-17H2,1-3H3,(H2,21,22,23). The molecule has 0 saturated carbocycles. The SMILES string of the molecule is CCNC(=NCc1ccc(C)cc1)NCCCN1CCCN(C)CC1. The molecule has 0 aliphatic carbocycles. The Kier molecular flexibility index (Phi) is 8.77. The third-order valence-corrected chi connectivity index (χ3v) is 4.64. The molecular weight excluding hydrogens is 310 g/mol. The van der Waals surface area contributed by atoms with Crippen LogP contribution in [0, 0.1) is 6.92 Å². The number of aryl methyl sites for hydroxylation is 1. The number of nitrogens with one attached hydrogen (secondary N) is 2. The second kappa shape index (κ2) is 11.1. The van der Waals surface area contributed by atoms with Crippen molar-refractivity contribution in [3.8, 4) is 0 Å². The molecule has 0 aromatic heterocycles. The van der Waals surface area contributed by atoms with E-state index in [1.165, 1.54) is 43.7 Å². The zero-order valence-corrected chi connectivity index (χ0v) is 16.2. The molecule has 0 unspecified atom stereocenters. The Balaban J connectivity index is 1.71. The third kappa shape index (κ3) is 7.88. The summed E-state index contributed by atoms with van der Waals surface area (Å²) in [7, 11) is 2.22. The summed E-state index contributed by atoms with van der Waals surface area (Å²) >= 11 is 0. The van der Waals surface area contributed by atoms with Crippen LogP contribution >= 0.6 is 0 Å². The van der Waals surface area contributed by atoms with Crippen molar-refractivity contribution >= 4 is 5.96 Å². The molecule has 2 N–H and O–H groups in total. The normalized spacial score (nSPS) is 17.3. The van der Waals surface area contributed by atoms with Gasteiger partial charge in [0.1, 0.15) is 0 Å². The van der Waals surface area contributed by atoms with Crippen LogP contribution in [-0.4, -0.2) is 68.6 Å². The molecule has 5 nitrogen and oxygen atoms in total. The van der Waals surface area contributed by atoms with Crippen LogP contribution in [0.1, 0.15) is 30.9 Å². The van der Waals surface area contributed by atoms with Gasteiger partial charge in [0, 0.05) is 26.2 Å². The fraction of sp³-hybridized carbons (Fsp3) is 0.650. The summed E-state index contributed by atoms with van der Waals surface area (Å²) in [6.07, 6.45) is 2.43. The lowest BCUT2D eigenvalue weighted by Gasteiger charge is -2.20. The Morgan fingerprint density at radius 3 is 2.64 bits per heavy atom. The van der Waals surface area contributed by atoms with Crippen molar-refractivity contribution < 1.29 is 0 Å². The van der Waals surface area contributed by atoms with E-state index in [4.69, 9.17) is 4.99 Å². The van der Waals surface area contributed by atoms with Crippen molar-refractivity contribution in [2.24, 2.45) is 4.99 Å². The minimum absolute atomic E-state index is 0.716. The highest BCUT2D eigenvalue weighted by atomic mass is 15.2. The van der Waals surface area contributed by atoms with Crippen molar-refractivity contribution in [2.45, 2.75) is 33.2 Å². The maximum Gasteiger partial charge on any atom is 0.191 e. The van der Waals surface area contributed by atoms with Gasteiger partial charge in [-0.25, -0.2) is 4.99 Å². The molecule has 1 aliphatic rings. The molecule has 5 heteroatoms. The first-order valence-corrected chi connectivity index (χ1v) is 9.66. The molecule has 2 rings (SSSR count). The van der Waals surface area contributed by atoms with E-state index in [1.54, 1.807) is 0 Å². The van der Waals surface area contributed by atoms with Crippen LogP contribution in [0.3, 0.4) is 0 Å². The second-order valence-electron chi connectivity index (χ2n) is 6.96. The van der Waals surface area contributed by atoms with Gasteiger partial charge in [0.05, 0.1) is 6.54 Å². The summed E-state index contributed by atoms with van der Waals surface area (Å²) in [5.74, 6) is 0.915. The maximum atomic E-state index is 4.70. The summed E-state index contributed by atoms with van der Waals surface area (Å²) in [4.78, 5) is 9.71. The lowest BCUT2D eigenvalue weighted by atomic mass is 10.1. The highest BCUT2D eigenvalue weighted by Crippen LogP contribution is 2.04. The molecule has 1 fully saturated rings. The first-order valence-electron chi connectivity index (χ1n) is 9.66. The van der Waals surface area contributed by atoms with Gasteiger partial charge in [-0.15, -0.1) is 0 Å². The van der Waals surface area contributed by atoms with Gasteiger partial charge < -0.3 is 20.4 Å². The van der Waals surface area contributed by atoms with Crippen LogP contribution in [-0.2, 0) is 6.54 Å². The molecule has 140 valence electrons. The van der Waals surface area contributed by atoms with Gasteiger partial charge in [-0.3, -0.25) is 0 Å². The zero-order chi connectivity index (χ0) is 17.9. The minimum atomic E-state index is 0.716. The largest absolute Gasteiger partial charge is 0.357 e. The summed E-state index contributed by atoms with van der Waals surface area (Å²) in [5.41, 5.74) is 2.54. The van der Waals surface area contributed by atoms with Crippen molar-refractivity contribution in [1.29, 1.82) is 0 Å². The molecular formula is C20H35N5. The van der Waals surface area contributed by atoms with Gasteiger partial charge >= 0.3 is 0 Å². The number of hydrogen-bond donors (Lipinski definition) is 2. The molecule has 1 saturated heterocycles. The first kappa shape index (κ1) is 19.7. The van der Waals surface area contributed by atoms with Crippen LogP contribution in [0.25, 0.3) is 0 Å². The molecule has 25 heavy (non-hydrogen) atoms. The lowest BCUT2D eigenvalue weighted by molar-refractivity contribution is 0.274. The predicted octanol–water partition coefficient (Wildman–Crippen LogP) is 2.08. The highest BCUT2D eigenvalue weighted by Gasteiger charge is 2.11. The molecule has 0 atom stereocenters. The van der Waals surface area contributed by atoms with Crippen LogP contribution in [0.2, 0.25) is 0 Å². The second-order valence-corrected chi connectivity index (χ2v) is 6.96. The van der Waals surface area contributed by atoms with Gasteiger partial charge in [-0.1, -0.05) is 29.8 Å². The molecule has 1 heterocycles. The van der Waals surface area contributed by atoms with Crippen molar-refractivity contribution in [3.05, 3.63) is 35.4 Å². The molecule has 1 aliphatic heterocycles. The van der Waals surface area contributed by atoms with Crippen LogP contribution in [0.4, 0.5) is 0 Å². The van der Waals surface area contributed by atoms with E-state index in [9.17, 15) is 0 Å². The van der Waals surface area contributed by atoms with Crippen molar-refractivity contribution in [2.75, 3.05) is 52.9 Å². The predicted molar refractivity (Wildman–Crippen MR) is 107 cm³/mol. The Morgan fingerprint density at radius 1 is 1.08 bits per heavy atom. The van der Waals surface area contributed by atoms with Crippen molar-refractivity contribution in [3.63, 3.8) is 0 Å². The van der Waals surface area contributed by atoms with Gasteiger partial charge in [-0.05, 0) is 58.9 Å². The molecule has 0 bridgehead atoms. The molecule has 1 aromatic carbocycles. The van der Waals surface area contributed by atoms with E-state index < -0.39 is 0 Å². The number of aliphatic imine (C=N–C) groups is 1. The van der Waals surface area contributed by atoms with Gasteiger partial charge in [0.25, 0.3) is 0 Å². The lowest BCUT2D eigenvalue weighted by Crippen LogP contribution is -2.39. The van der Waals surface area contributed by atoms with Crippen LogP contribution < -0.4 is 10.6 Å². The fourth-order valence-corrected chi connectivity index (χ4v) is 3.04. The number of guanidine groups is 1. The number of hydrogen-bond acceptors (Lipinski definition) is 3. The van der Waals surface area contributed by atoms with E-state index in [0.29, 0.717) is 6.54 Å². The Morgan fingerprint density at radius 2 is 1.88 bits per heavy atom. The average Bonchev–Trinajstić information content (AvgIpc) is 2.82. The van der Waals surface area contributed by atoms with Crippen LogP contribution in [0.5, 0.6) is 0 Å². The van der Waals surface area contributed by atoms with E-state index >= 15 is 0 Å². The summed E-state index contributed by atoms with van der Waals surface area (Å²) in [6, 6.07) is 8.59. The molecule has 0 amide bonds. The van der Waals surface area contributed by atoms with Gasteiger partial charge in [0.2, 0.25) is 0 Å². The summed E-state index contributed by atoms with van der Waals surface area (Å²) in [6.45, 7) is 12.8. The fourth-order valence-electron chi connectivity index (χ4n) is 3.04. The Bertz CT molecular complexity index is 511. The minimum Gasteiger partial charge on any atom is -0.357 e. The monoisotopic (exact) mass is 345 g/mol. The molecule has 0 spiro atoms. The van der Waals surface area contributed by atoms with E-state index in [-0.39, 0.29) is 0 Å². The maximum absolute atomic E-state index is 4.70. The number of likely N-dealkylation sites (N-methyl/N-ethyl adjacent to an activating group) is 1. The van der Waals surface area contributed by atoms with Gasteiger partial charge in [0.15, 0.2) is 5.96 Å². The molecule has 0 radical (unpaired) electrons. The molecule has 1 aromatic rings. The first-order chi connectivity index (χ1) is 12.2. The van der Waals surface area contributed by atoms with Gasteiger partial charge in [-0.2, -0.15) is 0 Å². The highest BCUT2D eigenvalue weighted by molar-refractivity contribution is 5.79. The number of nitrogens with zero attached hydrogens (tertiary/aromatic N) is 3. The van der Waals surface area contributed by atoms with E-state index in [2.05, 4.69) is 65.6 Å². The zero-order valence-electron chi connectivity index (χ0n) is 16.2. The number of benzene rings is 1. The van der Waals surface area contributed by atoms with E-state index in [1.807, 2.05) is 0 Å². The average molecular weight is 346 g/mol. The smallest absolute Gasteiger partial charge is 0.191 e. The van der Waals surface area contributed by atoms with Crippen molar-refractivity contribution in [1.82, 2.24) is 20.4 Å². The topological polar surface area (TPSA) is 42.9 Å². The summed E-state index contributed by atoms with van der Waals surface area (Å²) < 4.78 is 0.